The summed E-state index contributed by atoms with van der Waals surface area (Å²) >= 11 is 0. The fraction of sp³-hybridized carbons (Fsp3) is 0.348. The lowest BCUT2D eigenvalue weighted by Crippen LogP contribution is -2.51. The zero-order valence-corrected chi connectivity index (χ0v) is 16.0. The van der Waals surface area contributed by atoms with E-state index >= 15 is 0 Å². The molecular weight excluding hydrogens is 368 g/mol. The molecule has 2 aromatic rings. The van der Waals surface area contributed by atoms with Crippen LogP contribution in [0.2, 0.25) is 0 Å². The van der Waals surface area contributed by atoms with E-state index in [9.17, 15) is 19.5 Å². The zero-order chi connectivity index (χ0) is 20.4. The third-order valence-electron chi connectivity index (χ3n) is 6.05. The van der Waals surface area contributed by atoms with Gasteiger partial charge in [0.25, 0.3) is 5.91 Å². The van der Waals surface area contributed by atoms with E-state index in [2.05, 4.69) is 34.9 Å². The van der Waals surface area contributed by atoms with E-state index in [0.29, 0.717) is 12.8 Å². The molecule has 2 aromatic carbocycles. The Hall–Kier alpha value is -3.15. The van der Waals surface area contributed by atoms with Crippen molar-refractivity contribution >= 4 is 17.9 Å². The van der Waals surface area contributed by atoms with Gasteiger partial charge in [0.05, 0.1) is 5.92 Å². The van der Waals surface area contributed by atoms with E-state index in [0.717, 1.165) is 24.0 Å². The van der Waals surface area contributed by atoms with E-state index < -0.39 is 29.4 Å². The highest BCUT2D eigenvalue weighted by Crippen LogP contribution is 2.50. The van der Waals surface area contributed by atoms with Gasteiger partial charge in [-0.2, -0.15) is 0 Å². The second kappa shape index (κ2) is 7.70. The van der Waals surface area contributed by atoms with Crippen LogP contribution in [-0.4, -0.2) is 28.6 Å². The molecule has 2 fully saturated rings. The lowest BCUT2D eigenvalue weighted by Gasteiger charge is -2.31. The first-order valence-corrected chi connectivity index (χ1v) is 9.92. The average Bonchev–Trinajstić information content (AvgIpc) is 3.45. The molecule has 1 heterocycles. The van der Waals surface area contributed by atoms with Gasteiger partial charge in [-0.25, -0.2) is 4.79 Å². The number of rotatable bonds is 8. The fourth-order valence-electron chi connectivity index (χ4n) is 4.64. The van der Waals surface area contributed by atoms with Crippen molar-refractivity contribution in [1.82, 2.24) is 10.6 Å². The van der Waals surface area contributed by atoms with Crippen LogP contribution in [0.4, 0.5) is 4.79 Å². The third kappa shape index (κ3) is 4.01. The minimum Gasteiger partial charge on any atom is -0.481 e. The molecule has 1 aliphatic carbocycles. The van der Waals surface area contributed by atoms with E-state index in [4.69, 9.17) is 0 Å². The number of hydrogen-bond acceptors (Lipinski definition) is 3. The molecule has 6 heteroatoms. The first-order valence-electron chi connectivity index (χ1n) is 9.92. The summed E-state index contributed by atoms with van der Waals surface area (Å²) in [6.07, 6.45) is 2.30. The molecule has 1 saturated heterocycles. The van der Waals surface area contributed by atoms with E-state index in [1.54, 1.807) is 0 Å². The van der Waals surface area contributed by atoms with E-state index in [-0.39, 0.29) is 11.8 Å². The van der Waals surface area contributed by atoms with Crippen molar-refractivity contribution in [3.63, 3.8) is 0 Å². The molecule has 2 aliphatic rings. The number of carboxylic acid groups (broad SMARTS) is 1. The number of carboxylic acids is 1. The van der Waals surface area contributed by atoms with Gasteiger partial charge >= 0.3 is 12.0 Å². The SMILES string of the molecule is O=C1NC(=O)C(CC(Cc2ccccc2)Cc2ccccc2)(C2CC2C(=O)O)N1. The Bertz CT molecular complexity index is 873. The average molecular weight is 392 g/mol. The van der Waals surface area contributed by atoms with Gasteiger partial charge in [-0.15, -0.1) is 0 Å². The molecule has 3 unspecified atom stereocenters. The fourth-order valence-corrected chi connectivity index (χ4v) is 4.64. The van der Waals surface area contributed by atoms with Gasteiger partial charge in [-0.3, -0.25) is 14.9 Å². The van der Waals surface area contributed by atoms with Crippen LogP contribution in [0.5, 0.6) is 0 Å². The Morgan fingerprint density at radius 2 is 1.55 bits per heavy atom. The molecule has 1 aliphatic heterocycles. The van der Waals surface area contributed by atoms with Gasteiger partial charge in [-0.05, 0) is 42.7 Å². The zero-order valence-electron chi connectivity index (χ0n) is 16.0. The van der Waals surface area contributed by atoms with Crippen LogP contribution >= 0.6 is 0 Å². The number of nitrogens with one attached hydrogen (secondary N) is 2. The predicted molar refractivity (Wildman–Crippen MR) is 107 cm³/mol. The molecule has 29 heavy (non-hydrogen) atoms. The Balaban J connectivity index is 1.62. The van der Waals surface area contributed by atoms with Gasteiger partial charge in [-0.1, -0.05) is 60.7 Å². The van der Waals surface area contributed by atoms with Crippen molar-refractivity contribution in [3.8, 4) is 0 Å². The summed E-state index contributed by atoms with van der Waals surface area (Å²) in [4.78, 5) is 36.3. The lowest BCUT2D eigenvalue weighted by atomic mass is 9.77. The van der Waals surface area contributed by atoms with Gasteiger partial charge in [0.2, 0.25) is 0 Å². The number of benzene rings is 2. The highest BCUT2D eigenvalue weighted by molar-refractivity contribution is 6.08. The molecule has 0 radical (unpaired) electrons. The maximum absolute atomic E-state index is 12.8. The molecule has 150 valence electrons. The lowest BCUT2D eigenvalue weighted by molar-refractivity contribution is -0.139. The normalized spacial score (nSPS) is 25.6. The molecule has 0 aromatic heterocycles. The van der Waals surface area contributed by atoms with Gasteiger partial charge < -0.3 is 10.4 Å². The van der Waals surface area contributed by atoms with Gasteiger partial charge in [0.1, 0.15) is 5.54 Å². The molecule has 6 nitrogen and oxygen atoms in total. The monoisotopic (exact) mass is 392 g/mol. The Labute approximate surface area is 169 Å². The number of aliphatic carboxylic acids is 1. The second-order valence-electron chi connectivity index (χ2n) is 8.12. The summed E-state index contributed by atoms with van der Waals surface area (Å²) in [5.41, 5.74) is 1.15. The summed E-state index contributed by atoms with van der Waals surface area (Å²) in [7, 11) is 0. The number of hydrogen-bond donors (Lipinski definition) is 3. The van der Waals surface area contributed by atoms with Crippen LogP contribution in [-0.2, 0) is 22.4 Å². The van der Waals surface area contributed by atoms with E-state index in [1.165, 1.54) is 0 Å². The highest BCUT2D eigenvalue weighted by Gasteiger charge is 2.63. The number of carbonyl (C=O) groups excluding carboxylic acids is 2. The summed E-state index contributed by atoms with van der Waals surface area (Å²) in [6.45, 7) is 0. The number of amides is 3. The molecule has 0 spiro atoms. The topological polar surface area (TPSA) is 95.5 Å². The third-order valence-corrected chi connectivity index (χ3v) is 6.05. The first kappa shape index (κ1) is 19.2. The quantitative estimate of drug-likeness (QED) is 0.602. The minimum atomic E-state index is -1.16. The van der Waals surface area contributed by atoms with Crippen LogP contribution in [0, 0.1) is 17.8 Å². The van der Waals surface area contributed by atoms with Crippen molar-refractivity contribution in [1.29, 1.82) is 0 Å². The number of carbonyl (C=O) groups is 3. The van der Waals surface area contributed by atoms with Crippen molar-refractivity contribution in [3.05, 3.63) is 71.8 Å². The molecule has 0 bridgehead atoms. The summed E-state index contributed by atoms with van der Waals surface area (Å²) in [6, 6.07) is 19.5. The first-order chi connectivity index (χ1) is 14.0. The maximum atomic E-state index is 12.8. The standard InChI is InChI=1S/C23H24N2O4/c26-20(27)18-13-19(18)23(21(28)24-22(29)25-23)14-17(11-15-7-3-1-4-8-15)12-16-9-5-2-6-10-16/h1-10,17-19H,11-14H2,(H,26,27)(H2,24,25,28,29). The Morgan fingerprint density at radius 3 is 1.97 bits per heavy atom. The highest BCUT2D eigenvalue weighted by atomic mass is 16.4. The van der Waals surface area contributed by atoms with Crippen molar-refractivity contribution in [2.24, 2.45) is 17.8 Å². The molecule has 4 rings (SSSR count). The smallest absolute Gasteiger partial charge is 0.322 e. The van der Waals surface area contributed by atoms with Crippen LogP contribution < -0.4 is 10.6 Å². The largest absolute Gasteiger partial charge is 0.481 e. The van der Waals surface area contributed by atoms with Gasteiger partial charge in [0.15, 0.2) is 0 Å². The Kier molecular flexibility index (Phi) is 5.09. The van der Waals surface area contributed by atoms with Crippen molar-refractivity contribution in [2.45, 2.75) is 31.2 Å². The molecule has 3 atom stereocenters. The van der Waals surface area contributed by atoms with Crippen LogP contribution in [0.1, 0.15) is 24.0 Å². The summed E-state index contributed by atoms with van der Waals surface area (Å²) in [5.74, 6) is -2.21. The van der Waals surface area contributed by atoms with Crippen LogP contribution in [0.25, 0.3) is 0 Å². The van der Waals surface area contributed by atoms with Crippen molar-refractivity contribution in [2.75, 3.05) is 0 Å². The molecule has 1 saturated carbocycles. The number of imide groups is 1. The Morgan fingerprint density at radius 1 is 1.00 bits per heavy atom. The minimum absolute atomic E-state index is 0.0685. The van der Waals surface area contributed by atoms with Crippen LogP contribution in [0.15, 0.2) is 60.7 Å². The maximum Gasteiger partial charge on any atom is 0.322 e. The van der Waals surface area contributed by atoms with Gasteiger partial charge in [0, 0.05) is 5.92 Å². The second-order valence-corrected chi connectivity index (χ2v) is 8.12. The number of urea groups is 1. The summed E-state index contributed by atoms with van der Waals surface area (Å²) in [5, 5.41) is 14.6. The molecule has 3 amide bonds. The molecular formula is C23H24N2O4. The van der Waals surface area contributed by atoms with Crippen molar-refractivity contribution < 1.29 is 19.5 Å². The van der Waals surface area contributed by atoms with E-state index in [1.807, 2.05) is 36.4 Å². The summed E-state index contributed by atoms with van der Waals surface area (Å²) < 4.78 is 0. The molecule has 3 N–H and O–H groups in total. The predicted octanol–water partition coefficient (Wildman–Crippen LogP) is 2.78. The van der Waals surface area contributed by atoms with Crippen LogP contribution in [0.3, 0.4) is 0 Å².